The van der Waals surface area contributed by atoms with Crippen molar-refractivity contribution in [1.82, 2.24) is 10.2 Å². The number of hydrogen-bond donors (Lipinski definition) is 2. The molecule has 1 saturated carbocycles. The molecule has 5 nitrogen and oxygen atoms in total. The van der Waals surface area contributed by atoms with Gasteiger partial charge in [0.25, 0.3) is 0 Å². The van der Waals surface area contributed by atoms with Gasteiger partial charge < -0.3 is 15.2 Å². The largest absolute Gasteiger partial charge is 0.388 e. The van der Waals surface area contributed by atoms with Gasteiger partial charge in [0, 0.05) is 7.11 Å². The smallest absolute Gasteiger partial charge is 0.234 e. The van der Waals surface area contributed by atoms with Crippen molar-refractivity contribution in [2.45, 2.75) is 56.8 Å². The average molecular weight is 270 g/mol. The molecule has 0 bridgehead atoms. The van der Waals surface area contributed by atoms with Gasteiger partial charge in [0.05, 0.1) is 18.7 Å². The van der Waals surface area contributed by atoms with Crippen LogP contribution < -0.4 is 5.32 Å². The number of amides is 1. The molecule has 1 amide bonds. The maximum absolute atomic E-state index is 12.0. The van der Waals surface area contributed by atoms with Crippen LogP contribution in [0.1, 0.15) is 38.5 Å². The van der Waals surface area contributed by atoms with E-state index in [1.165, 1.54) is 19.3 Å². The highest BCUT2D eigenvalue weighted by Crippen LogP contribution is 2.21. The summed E-state index contributed by atoms with van der Waals surface area (Å²) in [7, 11) is 1.62. The third kappa shape index (κ3) is 4.16. The van der Waals surface area contributed by atoms with E-state index in [1.54, 1.807) is 7.11 Å². The summed E-state index contributed by atoms with van der Waals surface area (Å²) in [5.74, 6) is 0.0303. The van der Waals surface area contributed by atoms with E-state index in [0.29, 0.717) is 6.54 Å². The first-order valence-electron chi connectivity index (χ1n) is 7.43. The molecule has 0 aromatic heterocycles. The number of carbonyl (C=O) groups excluding carboxylic acids is 1. The first-order chi connectivity index (χ1) is 9.20. The Labute approximate surface area is 115 Å². The molecular weight excluding hydrogens is 244 g/mol. The zero-order valence-corrected chi connectivity index (χ0v) is 11.8. The average Bonchev–Trinajstić information content (AvgIpc) is 2.42. The standard InChI is InChI=1S/C14H26N2O3/c1-19-12-7-5-6-11(14(12)18)15-13(17)10-16-8-3-2-4-9-16/h11-12,14,18H,2-10H2,1H3,(H,15,17)/t11-,12-,14-/m1/s1. The summed E-state index contributed by atoms with van der Waals surface area (Å²) >= 11 is 0. The van der Waals surface area contributed by atoms with Crippen molar-refractivity contribution >= 4 is 5.91 Å². The fraction of sp³-hybridized carbons (Fsp3) is 0.929. The summed E-state index contributed by atoms with van der Waals surface area (Å²) in [6.07, 6.45) is 5.62. The van der Waals surface area contributed by atoms with Crippen LogP contribution in [0.5, 0.6) is 0 Å². The lowest BCUT2D eigenvalue weighted by molar-refractivity contribution is -0.126. The lowest BCUT2D eigenvalue weighted by atomic mass is 9.90. The second-order valence-electron chi connectivity index (χ2n) is 5.71. The molecule has 2 N–H and O–H groups in total. The molecule has 5 heteroatoms. The van der Waals surface area contributed by atoms with Gasteiger partial charge in [-0.2, -0.15) is 0 Å². The highest BCUT2D eigenvalue weighted by molar-refractivity contribution is 5.78. The zero-order valence-electron chi connectivity index (χ0n) is 11.8. The van der Waals surface area contributed by atoms with Crippen molar-refractivity contribution in [3.05, 3.63) is 0 Å². The minimum absolute atomic E-state index is 0.0303. The van der Waals surface area contributed by atoms with Gasteiger partial charge in [0.1, 0.15) is 6.10 Å². The minimum atomic E-state index is -0.580. The molecule has 1 aliphatic heterocycles. The second kappa shape index (κ2) is 7.22. The first-order valence-corrected chi connectivity index (χ1v) is 7.43. The third-order valence-corrected chi connectivity index (χ3v) is 4.26. The lowest BCUT2D eigenvalue weighted by Crippen LogP contribution is -2.53. The topological polar surface area (TPSA) is 61.8 Å². The summed E-state index contributed by atoms with van der Waals surface area (Å²) in [6.45, 7) is 2.49. The normalized spacial score (nSPS) is 33.1. The van der Waals surface area contributed by atoms with E-state index < -0.39 is 6.10 Å². The maximum atomic E-state index is 12.0. The summed E-state index contributed by atoms with van der Waals surface area (Å²) in [4.78, 5) is 14.2. The summed E-state index contributed by atoms with van der Waals surface area (Å²) in [5.41, 5.74) is 0. The van der Waals surface area contributed by atoms with Crippen molar-refractivity contribution in [3.63, 3.8) is 0 Å². The molecule has 2 aliphatic rings. The van der Waals surface area contributed by atoms with Gasteiger partial charge in [-0.15, -0.1) is 0 Å². The van der Waals surface area contributed by atoms with Crippen molar-refractivity contribution in [1.29, 1.82) is 0 Å². The number of ether oxygens (including phenoxy) is 1. The van der Waals surface area contributed by atoms with E-state index in [-0.39, 0.29) is 18.1 Å². The maximum Gasteiger partial charge on any atom is 0.234 e. The summed E-state index contributed by atoms with van der Waals surface area (Å²) in [6, 6.07) is -0.156. The Morgan fingerprint density at radius 3 is 2.68 bits per heavy atom. The van der Waals surface area contributed by atoms with Crippen LogP contribution in [-0.4, -0.2) is 60.9 Å². The molecule has 0 aromatic rings. The first kappa shape index (κ1) is 14.8. The van der Waals surface area contributed by atoms with Crippen LogP contribution in [-0.2, 0) is 9.53 Å². The van der Waals surface area contributed by atoms with E-state index >= 15 is 0 Å². The second-order valence-corrected chi connectivity index (χ2v) is 5.71. The zero-order chi connectivity index (χ0) is 13.7. The molecule has 1 heterocycles. The SMILES string of the molecule is CO[C@@H]1CCC[C@@H](NC(=O)CN2CCCCC2)[C@H]1O. The molecule has 1 saturated heterocycles. The predicted octanol–water partition coefficient (Wildman–Crippen LogP) is 0.517. The molecular formula is C14H26N2O3. The Morgan fingerprint density at radius 2 is 2.00 bits per heavy atom. The van der Waals surface area contributed by atoms with E-state index in [4.69, 9.17) is 4.74 Å². The minimum Gasteiger partial charge on any atom is -0.388 e. The van der Waals surface area contributed by atoms with Gasteiger partial charge in [0.15, 0.2) is 0 Å². The summed E-state index contributed by atoms with van der Waals surface area (Å²) < 4.78 is 5.25. The van der Waals surface area contributed by atoms with Crippen LogP contribution in [0.2, 0.25) is 0 Å². The number of nitrogens with zero attached hydrogens (tertiary/aromatic N) is 1. The van der Waals surface area contributed by atoms with Crippen molar-refractivity contribution in [2.24, 2.45) is 0 Å². The van der Waals surface area contributed by atoms with Gasteiger partial charge in [-0.25, -0.2) is 0 Å². The Kier molecular flexibility index (Phi) is 5.60. The van der Waals surface area contributed by atoms with Crippen LogP contribution in [0.4, 0.5) is 0 Å². The van der Waals surface area contributed by atoms with Crippen LogP contribution in [0, 0.1) is 0 Å². The molecule has 3 atom stereocenters. The number of hydrogen-bond acceptors (Lipinski definition) is 4. The number of aliphatic hydroxyl groups is 1. The van der Waals surface area contributed by atoms with Gasteiger partial charge in [-0.1, -0.05) is 6.42 Å². The molecule has 0 aromatic carbocycles. The number of rotatable bonds is 4. The van der Waals surface area contributed by atoms with E-state index in [0.717, 1.165) is 32.4 Å². The van der Waals surface area contributed by atoms with Crippen LogP contribution in [0.15, 0.2) is 0 Å². The fourth-order valence-electron chi connectivity index (χ4n) is 3.13. The van der Waals surface area contributed by atoms with E-state index in [2.05, 4.69) is 10.2 Å². The third-order valence-electron chi connectivity index (χ3n) is 4.26. The van der Waals surface area contributed by atoms with Crippen molar-refractivity contribution < 1.29 is 14.6 Å². The number of likely N-dealkylation sites (tertiary alicyclic amines) is 1. The predicted molar refractivity (Wildman–Crippen MR) is 72.9 cm³/mol. The number of carbonyl (C=O) groups is 1. The number of piperidine rings is 1. The highest BCUT2D eigenvalue weighted by atomic mass is 16.5. The summed E-state index contributed by atoms with van der Waals surface area (Å²) in [5, 5.41) is 13.1. The Morgan fingerprint density at radius 1 is 1.26 bits per heavy atom. The van der Waals surface area contributed by atoms with Crippen LogP contribution >= 0.6 is 0 Å². The van der Waals surface area contributed by atoms with Gasteiger partial charge in [0.2, 0.25) is 5.91 Å². The molecule has 0 unspecified atom stereocenters. The molecule has 2 rings (SSSR count). The Hall–Kier alpha value is -0.650. The molecule has 0 radical (unpaired) electrons. The quantitative estimate of drug-likeness (QED) is 0.782. The van der Waals surface area contributed by atoms with E-state index in [9.17, 15) is 9.90 Å². The van der Waals surface area contributed by atoms with Crippen LogP contribution in [0.25, 0.3) is 0 Å². The molecule has 1 aliphatic carbocycles. The number of nitrogens with one attached hydrogen (secondary N) is 1. The van der Waals surface area contributed by atoms with Crippen molar-refractivity contribution in [3.8, 4) is 0 Å². The molecule has 2 fully saturated rings. The fourth-order valence-corrected chi connectivity index (χ4v) is 3.13. The van der Waals surface area contributed by atoms with Gasteiger partial charge >= 0.3 is 0 Å². The van der Waals surface area contributed by atoms with Gasteiger partial charge in [-0.3, -0.25) is 9.69 Å². The Balaban J connectivity index is 1.77. The molecule has 110 valence electrons. The number of methoxy groups -OCH3 is 1. The molecule has 0 spiro atoms. The number of aliphatic hydroxyl groups excluding tert-OH is 1. The Bertz CT molecular complexity index is 292. The monoisotopic (exact) mass is 270 g/mol. The molecule has 19 heavy (non-hydrogen) atoms. The van der Waals surface area contributed by atoms with E-state index in [1.807, 2.05) is 0 Å². The van der Waals surface area contributed by atoms with Crippen LogP contribution in [0.3, 0.4) is 0 Å². The lowest BCUT2D eigenvalue weighted by Gasteiger charge is -2.35. The van der Waals surface area contributed by atoms with Crippen molar-refractivity contribution in [2.75, 3.05) is 26.7 Å². The van der Waals surface area contributed by atoms with Gasteiger partial charge in [-0.05, 0) is 45.2 Å². The highest BCUT2D eigenvalue weighted by Gasteiger charge is 2.32.